The zero-order valence-electron chi connectivity index (χ0n) is 12.8. The van der Waals surface area contributed by atoms with E-state index in [0.29, 0.717) is 10.6 Å². The van der Waals surface area contributed by atoms with Gasteiger partial charge in [0.2, 0.25) is 0 Å². The molecular weight excluding hydrogens is 278 g/mol. The van der Waals surface area contributed by atoms with Gasteiger partial charge in [0.25, 0.3) is 5.69 Å². The summed E-state index contributed by atoms with van der Waals surface area (Å²) in [4.78, 5) is 12.0. The quantitative estimate of drug-likeness (QED) is 0.653. The van der Waals surface area contributed by atoms with Gasteiger partial charge in [-0.3, -0.25) is 4.79 Å². The van der Waals surface area contributed by atoms with Gasteiger partial charge in [0.05, 0.1) is 0 Å². The molecule has 0 radical (unpaired) electrons. The summed E-state index contributed by atoms with van der Waals surface area (Å²) in [6.07, 6.45) is 1.29. The van der Waals surface area contributed by atoms with Crippen LogP contribution in [0.15, 0.2) is 48.7 Å². The van der Waals surface area contributed by atoms with Gasteiger partial charge in [-0.2, -0.15) is 4.73 Å². The summed E-state index contributed by atoms with van der Waals surface area (Å²) in [7, 11) is 0. The van der Waals surface area contributed by atoms with E-state index in [-0.39, 0.29) is 18.3 Å². The molecule has 1 heterocycles. The zero-order valence-corrected chi connectivity index (χ0v) is 12.8. The van der Waals surface area contributed by atoms with E-state index in [1.54, 1.807) is 12.1 Å². The Balaban J connectivity index is 1.96. The highest BCUT2D eigenvalue weighted by molar-refractivity contribution is 5.90. The van der Waals surface area contributed by atoms with E-state index in [1.165, 1.54) is 17.8 Å². The standard InChI is InChI=1S/C17H21N3O2/c1-12(2)13-6-8-14(9-7-13)15(18)11-19-17(21)16-5-3-4-10-20(16)22/h3-10,12,15H,11,18H2,1-2H3,(H,19,21)/t15-/m0/s1. The maximum absolute atomic E-state index is 12.0. The first kappa shape index (κ1) is 16.0. The smallest absolute Gasteiger partial charge is 0.317 e. The molecule has 5 nitrogen and oxygen atoms in total. The number of amides is 1. The minimum Gasteiger partial charge on any atom is -0.618 e. The first-order chi connectivity index (χ1) is 10.5. The third-order valence-corrected chi connectivity index (χ3v) is 3.57. The number of pyridine rings is 1. The van der Waals surface area contributed by atoms with Crippen LogP contribution in [0.4, 0.5) is 0 Å². The van der Waals surface area contributed by atoms with Gasteiger partial charge in [0.15, 0.2) is 6.20 Å². The van der Waals surface area contributed by atoms with Crippen LogP contribution >= 0.6 is 0 Å². The molecule has 2 aromatic rings. The Morgan fingerprint density at radius 2 is 1.82 bits per heavy atom. The number of nitrogens with one attached hydrogen (secondary N) is 1. The predicted molar refractivity (Wildman–Crippen MR) is 85.2 cm³/mol. The lowest BCUT2D eigenvalue weighted by molar-refractivity contribution is -0.607. The average molecular weight is 299 g/mol. The fraction of sp³-hybridized carbons (Fsp3) is 0.294. The molecule has 1 atom stereocenters. The molecule has 0 saturated carbocycles. The number of rotatable bonds is 5. The van der Waals surface area contributed by atoms with Crippen molar-refractivity contribution in [2.75, 3.05) is 6.54 Å². The van der Waals surface area contributed by atoms with Crippen LogP contribution in [0.2, 0.25) is 0 Å². The Morgan fingerprint density at radius 1 is 1.18 bits per heavy atom. The Hall–Kier alpha value is -2.40. The van der Waals surface area contributed by atoms with E-state index in [2.05, 4.69) is 19.2 Å². The lowest BCUT2D eigenvalue weighted by Crippen LogP contribution is -2.41. The predicted octanol–water partition coefficient (Wildman–Crippen LogP) is 1.87. The Labute approximate surface area is 130 Å². The van der Waals surface area contributed by atoms with Crippen molar-refractivity contribution in [3.05, 3.63) is 70.7 Å². The molecule has 0 aliphatic rings. The molecule has 1 aromatic carbocycles. The van der Waals surface area contributed by atoms with E-state index in [0.717, 1.165) is 5.56 Å². The van der Waals surface area contributed by atoms with Gasteiger partial charge in [-0.1, -0.05) is 38.1 Å². The van der Waals surface area contributed by atoms with Crippen molar-refractivity contribution in [2.45, 2.75) is 25.8 Å². The van der Waals surface area contributed by atoms with Crippen LogP contribution in [0.25, 0.3) is 0 Å². The van der Waals surface area contributed by atoms with E-state index in [1.807, 2.05) is 24.3 Å². The van der Waals surface area contributed by atoms with Crippen molar-refractivity contribution in [1.29, 1.82) is 0 Å². The highest BCUT2D eigenvalue weighted by atomic mass is 16.5. The molecule has 0 saturated heterocycles. The third-order valence-electron chi connectivity index (χ3n) is 3.57. The van der Waals surface area contributed by atoms with E-state index < -0.39 is 5.91 Å². The molecule has 116 valence electrons. The van der Waals surface area contributed by atoms with Crippen LogP contribution < -0.4 is 15.8 Å². The van der Waals surface area contributed by atoms with E-state index in [9.17, 15) is 10.0 Å². The van der Waals surface area contributed by atoms with Crippen LogP contribution in [-0.2, 0) is 0 Å². The summed E-state index contributed by atoms with van der Waals surface area (Å²) in [6, 6.07) is 12.4. The van der Waals surface area contributed by atoms with Gasteiger partial charge in [0.1, 0.15) is 0 Å². The highest BCUT2D eigenvalue weighted by Gasteiger charge is 2.16. The molecule has 22 heavy (non-hydrogen) atoms. The Kier molecular flexibility index (Phi) is 5.12. The van der Waals surface area contributed by atoms with Crippen molar-refractivity contribution in [3.63, 3.8) is 0 Å². The number of aromatic nitrogens is 1. The minimum absolute atomic E-state index is 0.0601. The summed E-state index contributed by atoms with van der Waals surface area (Å²) >= 11 is 0. The van der Waals surface area contributed by atoms with Gasteiger partial charge >= 0.3 is 5.91 Å². The second-order valence-corrected chi connectivity index (χ2v) is 5.55. The monoisotopic (exact) mass is 299 g/mol. The molecule has 3 N–H and O–H groups in total. The van der Waals surface area contributed by atoms with Gasteiger partial charge < -0.3 is 16.3 Å². The Bertz CT molecular complexity index is 639. The maximum atomic E-state index is 12.0. The summed E-state index contributed by atoms with van der Waals surface area (Å²) in [5, 5.41) is 14.2. The van der Waals surface area contributed by atoms with E-state index >= 15 is 0 Å². The highest BCUT2D eigenvalue weighted by Crippen LogP contribution is 2.17. The molecule has 0 aliphatic carbocycles. The SMILES string of the molecule is CC(C)c1ccc([C@@H](N)CNC(=O)c2cccc[n+]2[O-])cc1. The molecule has 0 aliphatic heterocycles. The third kappa shape index (κ3) is 3.83. The zero-order chi connectivity index (χ0) is 16.1. The van der Waals surface area contributed by atoms with Crippen LogP contribution in [0.1, 0.15) is 47.4 Å². The summed E-state index contributed by atoms with van der Waals surface area (Å²) in [6.45, 7) is 4.54. The first-order valence-corrected chi connectivity index (χ1v) is 7.31. The summed E-state index contributed by atoms with van der Waals surface area (Å²) in [5.41, 5.74) is 8.34. The topological polar surface area (TPSA) is 82.1 Å². The number of hydrogen-bond donors (Lipinski definition) is 2. The summed E-state index contributed by atoms with van der Waals surface area (Å²) < 4.78 is 0.540. The number of hydrogen-bond acceptors (Lipinski definition) is 3. The molecule has 0 bridgehead atoms. The van der Waals surface area contributed by atoms with Gasteiger partial charge in [-0.05, 0) is 23.1 Å². The second kappa shape index (κ2) is 7.04. The number of carbonyl (C=O) groups excluding carboxylic acids is 1. The number of nitrogens with zero attached hydrogens (tertiary/aromatic N) is 1. The largest absolute Gasteiger partial charge is 0.618 e. The van der Waals surface area contributed by atoms with Crippen LogP contribution in [0, 0.1) is 5.21 Å². The van der Waals surface area contributed by atoms with Crippen LogP contribution in [0.5, 0.6) is 0 Å². The van der Waals surface area contributed by atoms with Crippen molar-refractivity contribution in [3.8, 4) is 0 Å². The normalized spacial score (nSPS) is 12.2. The fourth-order valence-electron chi connectivity index (χ4n) is 2.14. The average Bonchev–Trinajstić information content (AvgIpc) is 2.52. The van der Waals surface area contributed by atoms with Gasteiger partial charge in [0, 0.05) is 24.7 Å². The molecule has 2 rings (SSSR count). The molecule has 0 unspecified atom stereocenters. The number of nitrogens with two attached hydrogens (primary N) is 1. The maximum Gasteiger partial charge on any atom is 0.317 e. The molecule has 1 amide bonds. The van der Waals surface area contributed by atoms with Crippen molar-refractivity contribution >= 4 is 5.91 Å². The second-order valence-electron chi connectivity index (χ2n) is 5.55. The van der Waals surface area contributed by atoms with Gasteiger partial charge in [-0.15, -0.1) is 0 Å². The fourth-order valence-corrected chi connectivity index (χ4v) is 2.14. The van der Waals surface area contributed by atoms with Crippen molar-refractivity contribution in [2.24, 2.45) is 5.73 Å². The number of benzene rings is 1. The lowest BCUT2D eigenvalue weighted by Gasteiger charge is -2.14. The molecule has 1 aromatic heterocycles. The van der Waals surface area contributed by atoms with E-state index in [4.69, 9.17) is 5.73 Å². The lowest BCUT2D eigenvalue weighted by atomic mass is 9.99. The van der Waals surface area contributed by atoms with Gasteiger partial charge in [-0.25, -0.2) is 0 Å². The van der Waals surface area contributed by atoms with Crippen molar-refractivity contribution < 1.29 is 9.52 Å². The summed E-state index contributed by atoms with van der Waals surface area (Å²) in [5.74, 6) is 0.0420. The van der Waals surface area contributed by atoms with Crippen LogP contribution in [-0.4, -0.2) is 12.5 Å². The molecule has 0 spiro atoms. The number of carbonyl (C=O) groups is 1. The minimum atomic E-state index is -0.426. The molecule has 0 fully saturated rings. The van der Waals surface area contributed by atoms with Crippen molar-refractivity contribution in [1.82, 2.24) is 5.32 Å². The first-order valence-electron chi connectivity index (χ1n) is 7.31. The van der Waals surface area contributed by atoms with Crippen LogP contribution in [0.3, 0.4) is 0 Å². The molecule has 5 heteroatoms. The Morgan fingerprint density at radius 3 is 2.41 bits per heavy atom. The molecular formula is C17H21N3O2.